The van der Waals surface area contributed by atoms with Gasteiger partial charge in [0.1, 0.15) is 0 Å². The predicted molar refractivity (Wildman–Crippen MR) is 66.0 cm³/mol. The second-order valence-corrected chi connectivity index (χ2v) is 4.57. The van der Waals surface area contributed by atoms with Crippen LogP contribution >= 0.6 is 11.5 Å². The van der Waals surface area contributed by atoms with Crippen molar-refractivity contribution in [3.8, 4) is 5.88 Å². The summed E-state index contributed by atoms with van der Waals surface area (Å²) < 4.78 is 9.21. The molecule has 1 aromatic heterocycles. The molecule has 1 aromatic rings. The van der Waals surface area contributed by atoms with Gasteiger partial charge < -0.3 is 15.2 Å². The largest absolute Gasteiger partial charge is 0.480 e. The van der Waals surface area contributed by atoms with E-state index in [-0.39, 0.29) is 0 Å². The summed E-state index contributed by atoms with van der Waals surface area (Å²) in [5, 5.41) is 12.1. The van der Waals surface area contributed by atoms with Crippen LogP contribution in [0.1, 0.15) is 37.1 Å². The first kappa shape index (κ1) is 13.4. The van der Waals surface area contributed by atoms with Crippen LogP contribution in [-0.4, -0.2) is 29.7 Å². The number of unbranched alkanes of at least 4 members (excludes halogenated alkanes) is 2. The van der Waals surface area contributed by atoms with Gasteiger partial charge in [-0.3, -0.25) is 0 Å². The zero-order chi connectivity index (χ0) is 11.8. The van der Waals surface area contributed by atoms with Crippen LogP contribution in [0.2, 0.25) is 0 Å². The van der Waals surface area contributed by atoms with Crippen molar-refractivity contribution >= 4 is 11.5 Å². The molecule has 92 valence electrons. The van der Waals surface area contributed by atoms with Crippen molar-refractivity contribution in [2.24, 2.45) is 0 Å². The zero-order valence-corrected chi connectivity index (χ0v) is 10.7. The van der Waals surface area contributed by atoms with E-state index in [0.29, 0.717) is 18.5 Å². The van der Waals surface area contributed by atoms with Crippen molar-refractivity contribution in [2.75, 3.05) is 20.3 Å². The van der Waals surface area contributed by atoms with Crippen LogP contribution in [0.15, 0.2) is 6.07 Å². The number of rotatable bonds is 8. The van der Waals surface area contributed by atoms with E-state index in [1.165, 1.54) is 16.4 Å². The molecule has 0 amide bonds. The highest BCUT2D eigenvalue weighted by atomic mass is 32.1. The molecule has 0 saturated heterocycles. The molecule has 5 heteroatoms. The van der Waals surface area contributed by atoms with Crippen LogP contribution < -0.4 is 10.1 Å². The molecule has 0 aliphatic carbocycles. The number of aliphatic hydroxyl groups excluding tert-OH is 1. The monoisotopic (exact) mass is 244 g/mol. The molecule has 1 heterocycles. The highest BCUT2D eigenvalue weighted by Crippen LogP contribution is 2.22. The van der Waals surface area contributed by atoms with Gasteiger partial charge in [0.25, 0.3) is 0 Å². The Morgan fingerprint density at radius 3 is 2.94 bits per heavy atom. The fourth-order valence-electron chi connectivity index (χ4n) is 1.41. The molecule has 1 atom stereocenters. The Labute approximate surface area is 101 Å². The van der Waals surface area contributed by atoms with Gasteiger partial charge in [-0.2, -0.15) is 4.37 Å². The average molecular weight is 244 g/mol. The molecule has 16 heavy (non-hydrogen) atoms. The van der Waals surface area contributed by atoms with E-state index in [0.717, 1.165) is 25.8 Å². The summed E-state index contributed by atoms with van der Waals surface area (Å²) in [6, 6.07) is 2.28. The van der Waals surface area contributed by atoms with Crippen molar-refractivity contribution in [3.63, 3.8) is 0 Å². The fraction of sp³-hybridized carbons (Fsp3) is 0.727. The fourth-order valence-corrected chi connectivity index (χ4v) is 2.12. The number of hydrogen-bond acceptors (Lipinski definition) is 5. The molecule has 0 bridgehead atoms. The summed E-state index contributed by atoms with van der Waals surface area (Å²) in [5.74, 6) is 0.689. The Bertz CT molecular complexity index is 291. The lowest BCUT2D eigenvalue weighted by Crippen LogP contribution is -2.19. The first-order valence-electron chi connectivity index (χ1n) is 5.62. The minimum atomic E-state index is 0.293. The van der Waals surface area contributed by atoms with E-state index < -0.39 is 0 Å². The number of nitrogens with zero attached hydrogens (tertiary/aromatic N) is 1. The maximum Gasteiger partial charge on any atom is 0.225 e. The molecule has 2 N–H and O–H groups in total. The Morgan fingerprint density at radius 2 is 2.31 bits per heavy atom. The summed E-state index contributed by atoms with van der Waals surface area (Å²) >= 11 is 1.47. The Hall–Kier alpha value is -0.650. The van der Waals surface area contributed by atoms with Gasteiger partial charge in [0, 0.05) is 23.6 Å². The van der Waals surface area contributed by atoms with Crippen LogP contribution in [-0.2, 0) is 0 Å². The molecule has 1 unspecified atom stereocenters. The van der Waals surface area contributed by atoms with Crippen molar-refractivity contribution < 1.29 is 9.84 Å². The molecule has 0 aliphatic heterocycles. The molecule has 0 spiro atoms. The summed E-state index contributed by atoms with van der Waals surface area (Å²) in [7, 11) is 1.63. The normalized spacial score (nSPS) is 12.7. The third-order valence-electron chi connectivity index (χ3n) is 2.43. The quantitative estimate of drug-likeness (QED) is 0.686. The van der Waals surface area contributed by atoms with Crippen LogP contribution in [0.25, 0.3) is 0 Å². The van der Waals surface area contributed by atoms with Crippen molar-refractivity contribution in [3.05, 3.63) is 10.9 Å². The summed E-state index contributed by atoms with van der Waals surface area (Å²) in [5.41, 5.74) is 0. The minimum absolute atomic E-state index is 0.293. The number of nitrogens with one attached hydrogen (secondary N) is 1. The lowest BCUT2D eigenvalue weighted by Gasteiger charge is -2.10. The Kier molecular flexibility index (Phi) is 6.37. The van der Waals surface area contributed by atoms with Crippen LogP contribution in [0, 0.1) is 0 Å². The second kappa shape index (κ2) is 7.60. The molecule has 0 aromatic carbocycles. The number of methoxy groups -OCH3 is 1. The molecule has 0 saturated carbocycles. The maximum atomic E-state index is 8.64. The molecule has 0 radical (unpaired) electrons. The van der Waals surface area contributed by atoms with Crippen LogP contribution in [0.5, 0.6) is 5.88 Å². The highest BCUT2D eigenvalue weighted by molar-refractivity contribution is 7.06. The predicted octanol–water partition coefficient (Wildman–Crippen LogP) is 1.96. The zero-order valence-electron chi connectivity index (χ0n) is 9.90. The summed E-state index contributed by atoms with van der Waals surface area (Å²) in [4.78, 5) is 1.19. The van der Waals surface area contributed by atoms with E-state index in [9.17, 15) is 0 Å². The summed E-state index contributed by atoms with van der Waals surface area (Å²) in [6.07, 6.45) is 3.06. The summed E-state index contributed by atoms with van der Waals surface area (Å²) in [6.45, 7) is 3.39. The SMILES string of the molecule is COc1cc(C(C)NCCCCCO)sn1. The molecule has 0 aliphatic rings. The van der Waals surface area contributed by atoms with Gasteiger partial charge >= 0.3 is 0 Å². The van der Waals surface area contributed by atoms with Crippen LogP contribution in [0.3, 0.4) is 0 Å². The van der Waals surface area contributed by atoms with Gasteiger partial charge in [-0.05, 0) is 44.3 Å². The van der Waals surface area contributed by atoms with Gasteiger partial charge in [0.05, 0.1) is 7.11 Å². The van der Waals surface area contributed by atoms with Gasteiger partial charge in [0.2, 0.25) is 5.88 Å². The molecular formula is C11H20N2O2S. The van der Waals surface area contributed by atoms with E-state index in [4.69, 9.17) is 9.84 Å². The van der Waals surface area contributed by atoms with E-state index in [1.54, 1.807) is 7.11 Å². The molecule has 1 rings (SSSR count). The maximum absolute atomic E-state index is 8.64. The van der Waals surface area contributed by atoms with E-state index in [1.807, 2.05) is 6.07 Å². The Morgan fingerprint density at radius 1 is 1.50 bits per heavy atom. The van der Waals surface area contributed by atoms with Gasteiger partial charge in [-0.1, -0.05) is 0 Å². The number of ether oxygens (including phenoxy) is 1. The van der Waals surface area contributed by atoms with Gasteiger partial charge in [-0.15, -0.1) is 0 Å². The molecule has 4 nitrogen and oxygen atoms in total. The lowest BCUT2D eigenvalue weighted by molar-refractivity contribution is 0.282. The number of hydrogen-bond donors (Lipinski definition) is 2. The second-order valence-electron chi connectivity index (χ2n) is 3.73. The van der Waals surface area contributed by atoms with Crippen molar-refractivity contribution in [1.82, 2.24) is 9.69 Å². The van der Waals surface area contributed by atoms with Gasteiger partial charge in [0.15, 0.2) is 0 Å². The molecular weight excluding hydrogens is 224 g/mol. The minimum Gasteiger partial charge on any atom is -0.480 e. The highest BCUT2D eigenvalue weighted by Gasteiger charge is 2.09. The average Bonchev–Trinajstić information content (AvgIpc) is 2.77. The first-order chi connectivity index (χ1) is 7.77. The smallest absolute Gasteiger partial charge is 0.225 e. The first-order valence-corrected chi connectivity index (χ1v) is 6.40. The van der Waals surface area contributed by atoms with Crippen LogP contribution in [0.4, 0.5) is 0 Å². The number of aromatic nitrogens is 1. The van der Waals surface area contributed by atoms with Gasteiger partial charge in [-0.25, -0.2) is 0 Å². The van der Waals surface area contributed by atoms with E-state index in [2.05, 4.69) is 16.6 Å². The van der Waals surface area contributed by atoms with Crippen molar-refractivity contribution in [1.29, 1.82) is 0 Å². The standard InChI is InChI=1S/C11H20N2O2S/c1-9(12-6-4-3-5-7-14)10-8-11(15-2)13-16-10/h8-9,12,14H,3-7H2,1-2H3. The third kappa shape index (κ3) is 4.47. The topological polar surface area (TPSA) is 54.4 Å². The van der Waals surface area contributed by atoms with E-state index >= 15 is 0 Å². The third-order valence-corrected chi connectivity index (χ3v) is 3.38. The van der Waals surface area contributed by atoms with Crippen molar-refractivity contribution in [2.45, 2.75) is 32.2 Å². The number of aliphatic hydroxyl groups is 1. The Balaban J connectivity index is 2.21. The lowest BCUT2D eigenvalue weighted by atomic mass is 10.2. The molecule has 0 fully saturated rings.